The fourth-order valence-corrected chi connectivity index (χ4v) is 2.22. The fraction of sp³-hybridized carbons (Fsp3) is 0.188. The van der Waals surface area contributed by atoms with E-state index in [1.165, 1.54) is 0 Å². The molecule has 0 saturated heterocycles. The summed E-state index contributed by atoms with van der Waals surface area (Å²) in [4.78, 5) is 16.5. The molecule has 0 aliphatic carbocycles. The highest BCUT2D eigenvalue weighted by Crippen LogP contribution is 2.18. The molecule has 0 radical (unpaired) electrons. The van der Waals surface area contributed by atoms with Gasteiger partial charge in [-0.05, 0) is 54.1 Å². The number of nitrogens with one attached hydrogen (secondary N) is 1. The Morgan fingerprint density at radius 2 is 2.13 bits per heavy atom. The Morgan fingerprint density at radius 1 is 1.26 bits per heavy atom. The van der Waals surface area contributed by atoms with E-state index < -0.39 is 0 Å². The van der Waals surface area contributed by atoms with E-state index in [9.17, 15) is 4.79 Å². The topological polar surface area (TPSA) is 85.6 Å². The van der Waals surface area contributed by atoms with Gasteiger partial charge in [0.1, 0.15) is 5.82 Å². The van der Waals surface area contributed by atoms with Gasteiger partial charge in [-0.1, -0.05) is 12.1 Å². The summed E-state index contributed by atoms with van der Waals surface area (Å²) in [6.45, 7) is 4.56. The van der Waals surface area contributed by atoms with Crippen molar-refractivity contribution in [3.05, 3.63) is 53.7 Å². The van der Waals surface area contributed by atoms with Gasteiger partial charge in [0.15, 0.2) is 5.82 Å². The highest BCUT2D eigenvalue weighted by Gasteiger charge is 2.12. The van der Waals surface area contributed by atoms with Gasteiger partial charge >= 0.3 is 0 Å². The van der Waals surface area contributed by atoms with Gasteiger partial charge in [0.05, 0.1) is 0 Å². The molecule has 23 heavy (non-hydrogen) atoms. The van der Waals surface area contributed by atoms with Crippen molar-refractivity contribution in [2.75, 3.05) is 5.32 Å². The van der Waals surface area contributed by atoms with Crippen molar-refractivity contribution in [1.82, 2.24) is 25.2 Å². The average Bonchev–Trinajstić information content (AvgIpc) is 3.03. The maximum atomic E-state index is 12.4. The van der Waals surface area contributed by atoms with E-state index in [2.05, 4.69) is 25.8 Å². The van der Waals surface area contributed by atoms with Crippen molar-refractivity contribution >= 4 is 11.7 Å². The second-order valence-corrected chi connectivity index (χ2v) is 5.07. The number of aromatic nitrogens is 5. The summed E-state index contributed by atoms with van der Waals surface area (Å²) in [5, 5.41) is 14.4. The lowest BCUT2D eigenvalue weighted by Gasteiger charge is -2.07. The van der Waals surface area contributed by atoms with Gasteiger partial charge in [0.2, 0.25) is 0 Å². The van der Waals surface area contributed by atoms with Crippen molar-refractivity contribution in [2.45, 2.75) is 20.4 Å². The van der Waals surface area contributed by atoms with Crippen LogP contribution >= 0.6 is 0 Å². The molecule has 7 heteroatoms. The molecule has 1 aromatic carbocycles. The molecule has 0 fully saturated rings. The molecular formula is C16H16N6O. The van der Waals surface area contributed by atoms with E-state index in [1.54, 1.807) is 23.0 Å². The lowest BCUT2D eigenvalue weighted by atomic mass is 10.1. The molecule has 3 aromatic rings. The summed E-state index contributed by atoms with van der Waals surface area (Å²) in [6, 6.07) is 10.9. The van der Waals surface area contributed by atoms with Crippen LogP contribution in [0.5, 0.6) is 0 Å². The summed E-state index contributed by atoms with van der Waals surface area (Å²) < 4.78 is 1.68. The monoisotopic (exact) mass is 308 g/mol. The molecule has 0 unspecified atom stereocenters. The molecule has 116 valence electrons. The van der Waals surface area contributed by atoms with E-state index >= 15 is 0 Å². The lowest BCUT2D eigenvalue weighted by molar-refractivity contribution is 0.102. The normalized spacial score (nSPS) is 10.5. The summed E-state index contributed by atoms with van der Waals surface area (Å²) in [7, 11) is 0. The number of anilines is 1. The zero-order valence-corrected chi connectivity index (χ0v) is 12.9. The third-order valence-electron chi connectivity index (χ3n) is 3.37. The summed E-state index contributed by atoms with van der Waals surface area (Å²) in [6.07, 6.45) is 1.66. The quantitative estimate of drug-likeness (QED) is 0.799. The molecule has 0 aliphatic rings. The van der Waals surface area contributed by atoms with Gasteiger partial charge in [-0.25, -0.2) is 9.67 Å². The number of rotatable bonds is 4. The molecule has 1 amide bonds. The molecule has 7 nitrogen and oxygen atoms in total. The highest BCUT2D eigenvalue weighted by molar-refractivity contribution is 6.04. The smallest absolute Gasteiger partial charge is 0.256 e. The van der Waals surface area contributed by atoms with Gasteiger partial charge < -0.3 is 5.32 Å². The zero-order valence-electron chi connectivity index (χ0n) is 12.9. The van der Waals surface area contributed by atoms with Crippen molar-refractivity contribution in [2.24, 2.45) is 0 Å². The van der Waals surface area contributed by atoms with Gasteiger partial charge in [0.25, 0.3) is 5.91 Å². The molecule has 0 atom stereocenters. The maximum Gasteiger partial charge on any atom is 0.256 e. The molecular weight excluding hydrogens is 292 g/mol. The number of pyridine rings is 1. The van der Waals surface area contributed by atoms with E-state index in [-0.39, 0.29) is 5.91 Å². The number of aryl methyl sites for hydroxylation is 2. The fourth-order valence-electron chi connectivity index (χ4n) is 2.22. The summed E-state index contributed by atoms with van der Waals surface area (Å²) in [5.74, 6) is 0.940. The Bertz CT molecular complexity index is 842. The second-order valence-electron chi connectivity index (χ2n) is 5.07. The van der Waals surface area contributed by atoms with Crippen LogP contribution in [-0.4, -0.2) is 31.1 Å². The molecule has 2 aromatic heterocycles. The van der Waals surface area contributed by atoms with Crippen LogP contribution in [0.3, 0.4) is 0 Å². The van der Waals surface area contributed by atoms with Crippen LogP contribution in [0.15, 0.2) is 42.6 Å². The van der Waals surface area contributed by atoms with Crippen molar-refractivity contribution in [3.8, 4) is 11.4 Å². The summed E-state index contributed by atoms with van der Waals surface area (Å²) >= 11 is 0. The van der Waals surface area contributed by atoms with Crippen LogP contribution in [0, 0.1) is 6.92 Å². The molecule has 0 spiro atoms. The lowest BCUT2D eigenvalue weighted by Crippen LogP contribution is -2.13. The molecule has 0 bridgehead atoms. The highest BCUT2D eigenvalue weighted by atomic mass is 16.1. The molecule has 2 heterocycles. The van der Waals surface area contributed by atoms with Crippen LogP contribution in [0.25, 0.3) is 11.4 Å². The van der Waals surface area contributed by atoms with Crippen molar-refractivity contribution in [3.63, 3.8) is 0 Å². The number of benzene rings is 1. The Kier molecular flexibility index (Phi) is 4.09. The molecule has 0 saturated carbocycles. The number of hydrogen-bond acceptors (Lipinski definition) is 5. The van der Waals surface area contributed by atoms with E-state index in [0.29, 0.717) is 23.8 Å². The first-order valence-corrected chi connectivity index (χ1v) is 7.28. The number of amides is 1. The van der Waals surface area contributed by atoms with Gasteiger partial charge in [0, 0.05) is 23.9 Å². The molecule has 1 N–H and O–H groups in total. The van der Waals surface area contributed by atoms with Crippen LogP contribution in [-0.2, 0) is 6.54 Å². The second kappa shape index (κ2) is 6.35. The SMILES string of the molecule is CCn1nnnc1-c1cccc(C(=O)Nc2cc(C)ccn2)c1. The minimum Gasteiger partial charge on any atom is -0.307 e. The van der Waals surface area contributed by atoms with Gasteiger partial charge in [-0.15, -0.1) is 5.10 Å². The predicted molar refractivity (Wildman–Crippen MR) is 85.9 cm³/mol. The summed E-state index contributed by atoms with van der Waals surface area (Å²) in [5.41, 5.74) is 2.35. The predicted octanol–water partition coefficient (Wildman–Crippen LogP) is 2.32. The Morgan fingerprint density at radius 3 is 2.91 bits per heavy atom. The zero-order chi connectivity index (χ0) is 16.2. The number of carbonyl (C=O) groups is 1. The number of hydrogen-bond donors (Lipinski definition) is 1. The van der Waals surface area contributed by atoms with Crippen molar-refractivity contribution < 1.29 is 4.79 Å². The first kappa shape index (κ1) is 14.8. The third kappa shape index (κ3) is 3.23. The Balaban J connectivity index is 1.86. The van der Waals surface area contributed by atoms with Crippen LogP contribution < -0.4 is 5.32 Å². The van der Waals surface area contributed by atoms with E-state index in [1.807, 2.05) is 38.1 Å². The number of carbonyl (C=O) groups excluding carboxylic acids is 1. The first-order valence-electron chi connectivity index (χ1n) is 7.28. The minimum absolute atomic E-state index is 0.222. The molecule has 0 aliphatic heterocycles. The standard InChI is InChI=1S/C16H16N6O/c1-3-22-15(19-20-21-22)12-5-4-6-13(10-12)16(23)18-14-9-11(2)7-8-17-14/h4-10H,3H2,1-2H3,(H,17,18,23). The first-order chi connectivity index (χ1) is 11.2. The maximum absolute atomic E-state index is 12.4. The van der Waals surface area contributed by atoms with Crippen LogP contribution in [0.1, 0.15) is 22.8 Å². The third-order valence-corrected chi connectivity index (χ3v) is 3.37. The van der Waals surface area contributed by atoms with Crippen LogP contribution in [0.2, 0.25) is 0 Å². The largest absolute Gasteiger partial charge is 0.307 e. The Hall–Kier alpha value is -3.09. The minimum atomic E-state index is -0.222. The van der Waals surface area contributed by atoms with Crippen LogP contribution in [0.4, 0.5) is 5.82 Å². The van der Waals surface area contributed by atoms with E-state index in [0.717, 1.165) is 11.1 Å². The number of tetrazole rings is 1. The van der Waals surface area contributed by atoms with Gasteiger partial charge in [-0.3, -0.25) is 4.79 Å². The number of nitrogens with zero attached hydrogens (tertiary/aromatic N) is 5. The van der Waals surface area contributed by atoms with Crippen molar-refractivity contribution in [1.29, 1.82) is 0 Å². The van der Waals surface area contributed by atoms with E-state index in [4.69, 9.17) is 0 Å². The van der Waals surface area contributed by atoms with Gasteiger partial charge in [-0.2, -0.15) is 0 Å². The Labute approximate surface area is 133 Å². The average molecular weight is 308 g/mol. The molecule has 3 rings (SSSR count).